The number of halogens is 2. The van der Waals surface area contributed by atoms with Crippen LogP contribution in [-0.2, 0) is 17.8 Å². The molecule has 12 heteroatoms. The maximum Gasteiger partial charge on any atom is 0.356 e. The molecule has 0 saturated heterocycles. The molecule has 2 heterocycles. The number of ether oxygens (including phenoxy) is 1. The van der Waals surface area contributed by atoms with Crippen molar-refractivity contribution in [2.75, 3.05) is 32.1 Å². The average molecular weight is 530 g/mol. The lowest BCUT2D eigenvalue weighted by Gasteiger charge is -2.20. The molecule has 194 valence electrons. The number of carbonyl (C=O) groups is 3. The molecule has 0 bridgehead atoms. The zero-order valence-corrected chi connectivity index (χ0v) is 20.9. The second kappa shape index (κ2) is 11.0. The highest BCUT2D eigenvalue weighted by molar-refractivity contribution is 6.30. The Balaban J connectivity index is 1.47. The Kier molecular flexibility index (Phi) is 7.74. The molecule has 0 aliphatic carbocycles. The topological polar surface area (TPSA) is 126 Å². The van der Waals surface area contributed by atoms with E-state index in [9.17, 15) is 23.9 Å². The Morgan fingerprint density at radius 2 is 2.03 bits per heavy atom. The third-order valence-corrected chi connectivity index (χ3v) is 6.50. The van der Waals surface area contributed by atoms with Crippen molar-refractivity contribution in [3.8, 4) is 5.75 Å². The summed E-state index contributed by atoms with van der Waals surface area (Å²) in [5.41, 5.74) is 1.27. The Morgan fingerprint density at radius 3 is 2.73 bits per heavy atom. The molecule has 3 N–H and O–H groups in total. The number of carboxylic acid groups (broad SMARTS) is 1. The van der Waals surface area contributed by atoms with Gasteiger partial charge in [0.1, 0.15) is 29.4 Å². The first-order valence-electron chi connectivity index (χ1n) is 11.4. The van der Waals surface area contributed by atoms with Crippen LogP contribution in [0.2, 0.25) is 5.15 Å². The van der Waals surface area contributed by atoms with Crippen LogP contribution in [0.4, 0.5) is 10.1 Å². The van der Waals surface area contributed by atoms with E-state index in [-0.39, 0.29) is 54.3 Å². The fraction of sp³-hybridized carbons (Fsp3) is 0.280. The molecule has 1 atom stereocenters. The number of carbonyl (C=O) groups excluding carboxylic acids is 2. The molecule has 2 aromatic carbocycles. The Labute approximate surface area is 217 Å². The van der Waals surface area contributed by atoms with Crippen molar-refractivity contribution in [1.29, 1.82) is 0 Å². The first kappa shape index (κ1) is 26.1. The highest BCUT2D eigenvalue weighted by Crippen LogP contribution is 2.31. The summed E-state index contributed by atoms with van der Waals surface area (Å²) in [5.74, 6) is -1.85. The third-order valence-electron chi connectivity index (χ3n) is 6.07. The van der Waals surface area contributed by atoms with Gasteiger partial charge < -0.3 is 25.4 Å². The van der Waals surface area contributed by atoms with E-state index in [1.165, 1.54) is 22.7 Å². The summed E-state index contributed by atoms with van der Waals surface area (Å²) in [6, 6.07) is 10.2. The number of anilines is 1. The van der Waals surface area contributed by atoms with E-state index in [2.05, 4.69) is 15.7 Å². The second-order valence-electron chi connectivity index (χ2n) is 8.40. The number of amides is 2. The van der Waals surface area contributed by atoms with Gasteiger partial charge in [0, 0.05) is 37.3 Å². The minimum Gasteiger partial charge on any atom is -0.489 e. The Bertz CT molecular complexity index is 1360. The van der Waals surface area contributed by atoms with Gasteiger partial charge in [-0.05, 0) is 30.7 Å². The van der Waals surface area contributed by atoms with E-state index in [1.807, 2.05) is 0 Å². The van der Waals surface area contributed by atoms with E-state index in [0.717, 1.165) is 0 Å². The van der Waals surface area contributed by atoms with Gasteiger partial charge >= 0.3 is 5.97 Å². The second-order valence-corrected chi connectivity index (χ2v) is 8.76. The maximum absolute atomic E-state index is 14.1. The molecule has 0 fully saturated rings. The lowest BCUT2D eigenvalue weighted by molar-refractivity contribution is -0.120. The molecule has 1 aliphatic heterocycles. The van der Waals surface area contributed by atoms with Gasteiger partial charge in [0.05, 0.1) is 12.2 Å². The molecule has 10 nitrogen and oxygen atoms in total. The molecule has 1 aromatic heterocycles. The number of aromatic carboxylic acids is 1. The number of rotatable bonds is 8. The molecule has 0 saturated carbocycles. The number of nitrogens with one attached hydrogen (secondary N) is 2. The summed E-state index contributed by atoms with van der Waals surface area (Å²) in [7, 11) is 3.13. The molecular weight excluding hydrogens is 505 g/mol. The summed E-state index contributed by atoms with van der Waals surface area (Å²) in [6.45, 7) is 0.160. The normalized spacial score (nSPS) is 15.1. The summed E-state index contributed by atoms with van der Waals surface area (Å²) < 4.78 is 21.2. The van der Waals surface area contributed by atoms with Crippen LogP contribution >= 0.6 is 11.6 Å². The molecule has 0 radical (unpaired) electrons. The van der Waals surface area contributed by atoms with Crippen molar-refractivity contribution in [2.24, 2.45) is 0 Å². The molecule has 3 aromatic rings. The van der Waals surface area contributed by atoms with Gasteiger partial charge in [-0.25, -0.2) is 13.9 Å². The summed E-state index contributed by atoms with van der Waals surface area (Å²) in [6.07, 6.45) is 0.152. The zero-order valence-electron chi connectivity index (χ0n) is 20.1. The molecule has 1 aliphatic rings. The predicted octanol–water partition coefficient (Wildman–Crippen LogP) is 2.34. The number of hydrogen-bond acceptors (Lipinski definition) is 6. The summed E-state index contributed by atoms with van der Waals surface area (Å²) in [5, 5.41) is 19.4. The Hall–Kier alpha value is -3.96. The van der Waals surface area contributed by atoms with Gasteiger partial charge in [0.15, 0.2) is 5.69 Å². The molecular formula is C25H25ClFN5O5. The SMILES string of the molecule is CNC(=O)c1ccc2c(c1)OCC(NCCc1c(C(=O)O)nn(Cc3ccccc3F)c1Cl)C(=O)N2C. The monoisotopic (exact) mass is 529 g/mol. The largest absolute Gasteiger partial charge is 0.489 e. The van der Waals surface area contributed by atoms with Gasteiger partial charge in [-0.2, -0.15) is 5.10 Å². The van der Waals surface area contributed by atoms with Crippen molar-refractivity contribution in [2.45, 2.75) is 19.0 Å². The first-order chi connectivity index (χ1) is 17.7. The van der Waals surface area contributed by atoms with E-state index >= 15 is 0 Å². The average Bonchev–Trinajstić information content (AvgIpc) is 3.14. The van der Waals surface area contributed by atoms with E-state index in [1.54, 1.807) is 43.4 Å². The van der Waals surface area contributed by atoms with E-state index in [0.29, 0.717) is 22.6 Å². The van der Waals surface area contributed by atoms with Crippen molar-refractivity contribution in [1.82, 2.24) is 20.4 Å². The fourth-order valence-electron chi connectivity index (χ4n) is 4.07. The van der Waals surface area contributed by atoms with Crippen LogP contribution in [0.15, 0.2) is 42.5 Å². The van der Waals surface area contributed by atoms with Gasteiger partial charge in [0.2, 0.25) is 5.91 Å². The van der Waals surface area contributed by atoms with Crippen LogP contribution in [0.5, 0.6) is 5.75 Å². The highest BCUT2D eigenvalue weighted by Gasteiger charge is 2.30. The number of carboxylic acids is 1. The number of fused-ring (bicyclic) bond motifs is 1. The molecule has 2 amide bonds. The minimum atomic E-state index is -1.26. The van der Waals surface area contributed by atoms with Crippen LogP contribution in [0.1, 0.15) is 32.0 Å². The molecule has 1 unspecified atom stereocenters. The van der Waals surface area contributed by atoms with Crippen molar-refractivity contribution in [3.05, 3.63) is 75.8 Å². The zero-order chi connectivity index (χ0) is 26.7. The minimum absolute atomic E-state index is 0.000559. The van der Waals surface area contributed by atoms with Crippen molar-refractivity contribution < 1.29 is 28.6 Å². The number of hydrogen-bond donors (Lipinski definition) is 3. The maximum atomic E-state index is 14.1. The van der Waals surface area contributed by atoms with E-state index < -0.39 is 17.8 Å². The highest BCUT2D eigenvalue weighted by atomic mass is 35.5. The molecule has 4 rings (SSSR count). The lowest BCUT2D eigenvalue weighted by Crippen LogP contribution is -2.47. The quantitative estimate of drug-likeness (QED) is 0.409. The lowest BCUT2D eigenvalue weighted by atomic mass is 10.1. The van der Waals surface area contributed by atoms with Crippen LogP contribution in [-0.4, -0.2) is 66.0 Å². The first-order valence-corrected chi connectivity index (χ1v) is 11.8. The van der Waals surface area contributed by atoms with Gasteiger partial charge in [-0.15, -0.1) is 0 Å². The number of benzene rings is 2. The van der Waals surface area contributed by atoms with Crippen LogP contribution < -0.4 is 20.3 Å². The van der Waals surface area contributed by atoms with Gasteiger partial charge in [-0.3, -0.25) is 9.59 Å². The number of likely N-dealkylation sites (N-methyl/N-ethyl adjacent to an activating group) is 1. The summed E-state index contributed by atoms with van der Waals surface area (Å²) >= 11 is 6.44. The summed E-state index contributed by atoms with van der Waals surface area (Å²) in [4.78, 5) is 38.2. The van der Waals surface area contributed by atoms with Crippen LogP contribution in [0.25, 0.3) is 0 Å². The number of aromatic nitrogens is 2. The van der Waals surface area contributed by atoms with Crippen molar-refractivity contribution in [3.63, 3.8) is 0 Å². The van der Waals surface area contributed by atoms with Gasteiger partial charge in [0.25, 0.3) is 5.91 Å². The fourth-order valence-corrected chi connectivity index (χ4v) is 4.35. The van der Waals surface area contributed by atoms with E-state index in [4.69, 9.17) is 16.3 Å². The Morgan fingerprint density at radius 1 is 1.27 bits per heavy atom. The third kappa shape index (κ3) is 5.42. The van der Waals surface area contributed by atoms with Crippen molar-refractivity contribution >= 4 is 35.1 Å². The molecule has 37 heavy (non-hydrogen) atoms. The predicted molar refractivity (Wildman–Crippen MR) is 134 cm³/mol. The standard InChI is InChI=1S/C25H25ClFN5O5/c1-28-23(33)14-7-8-19-20(11-14)37-13-18(24(34)31(19)2)29-10-9-16-21(25(35)36)30-32(22(16)26)12-15-5-3-4-6-17(15)27/h3-8,11,18,29H,9-10,12-13H2,1-2H3,(H,28,33)(H,35,36). The van der Waals surface area contributed by atoms with Gasteiger partial charge in [-0.1, -0.05) is 29.8 Å². The van der Waals surface area contributed by atoms with Crippen LogP contribution in [0, 0.1) is 5.82 Å². The number of nitrogens with zero attached hydrogens (tertiary/aromatic N) is 3. The molecule has 0 spiro atoms. The van der Waals surface area contributed by atoms with Crippen LogP contribution in [0.3, 0.4) is 0 Å². The smallest absolute Gasteiger partial charge is 0.356 e.